The summed E-state index contributed by atoms with van der Waals surface area (Å²) in [7, 11) is -1.32. The fraction of sp³-hybridized carbons (Fsp3) is 0.562. The molecule has 1 aromatic carbocycles. The quantitative estimate of drug-likeness (QED) is 0.826. The standard InChI is InChI=1S/C16H21F2NO3S/c17-16(18)22-14-8-6-12(7-9-14)10-23(21)11-15(20)19-13-4-2-1-3-5-13/h6-9,13,16H,1-5,10-11H2,(H,19,20)/t23-/m0/s1. The van der Waals surface area contributed by atoms with E-state index in [9.17, 15) is 17.8 Å². The smallest absolute Gasteiger partial charge is 0.387 e. The number of alkyl halides is 2. The minimum atomic E-state index is -2.86. The van der Waals surface area contributed by atoms with Crippen LogP contribution in [0.25, 0.3) is 0 Å². The molecule has 0 heterocycles. The van der Waals surface area contributed by atoms with Gasteiger partial charge in [-0.3, -0.25) is 9.00 Å². The molecule has 1 amide bonds. The van der Waals surface area contributed by atoms with Gasteiger partial charge in [0.2, 0.25) is 5.91 Å². The zero-order chi connectivity index (χ0) is 16.7. The molecule has 1 N–H and O–H groups in total. The Hall–Kier alpha value is -1.50. The number of halogens is 2. The largest absolute Gasteiger partial charge is 0.435 e. The molecular formula is C16H21F2NO3S. The predicted octanol–water partition coefficient (Wildman–Crippen LogP) is 2.99. The number of ether oxygens (including phenoxy) is 1. The molecule has 0 spiro atoms. The molecule has 7 heteroatoms. The molecule has 2 rings (SSSR count). The van der Waals surface area contributed by atoms with Crippen molar-refractivity contribution in [2.45, 2.75) is 50.5 Å². The fourth-order valence-electron chi connectivity index (χ4n) is 2.67. The van der Waals surface area contributed by atoms with Crippen LogP contribution in [0.4, 0.5) is 8.78 Å². The Morgan fingerprint density at radius 3 is 2.48 bits per heavy atom. The summed E-state index contributed by atoms with van der Waals surface area (Å²) in [4.78, 5) is 11.9. The molecule has 0 aromatic heterocycles. The number of benzene rings is 1. The van der Waals surface area contributed by atoms with Crippen molar-refractivity contribution < 1.29 is 22.5 Å². The molecule has 1 aliphatic rings. The monoisotopic (exact) mass is 345 g/mol. The summed E-state index contributed by atoms with van der Waals surface area (Å²) in [5, 5.41) is 2.93. The molecule has 0 unspecified atom stereocenters. The Balaban J connectivity index is 1.76. The Labute approximate surface area is 137 Å². The van der Waals surface area contributed by atoms with Gasteiger partial charge in [0.05, 0.1) is 0 Å². The van der Waals surface area contributed by atoms with Crippen molar-refractivity contribution in [1.82, 2.24) is 5.32 Å². The van der Waals surface area contributed by atoms with Gasteiger partial charge in [-0.15, -0.1) is 0 Å². The van der Waals surface area contributed by atoms with E-state index in [2.05, 4.69) is 10.1 Å². The maximum Gasteiger partial charge on any atom is 0.387 e. The van der Waals surface area contributed by atoms with Crippen molar-refractivity contribution in [2.24, 2.45) is 0 Å². The molecule has 1 saturated carbocycles. The highest BCUT2D eigenvalue weighted by molar-refractivity contribution is 7.84. The van der Waals surface area contributed by atoms with Gasteiger partial charge in [-0.1, -0.05) is 31.4 Å². The number of hydrogen-bond donors (Lipinski definition) is 1. The molecule has 0 bridgehead atoms. The fourth-order valence-corrected chi connectivity index (χ4v) is 3.71. The van der Waals surface area contributed by atoms with Crippen molar-refractivity contribution in [3.8, 4) is 5.75 Å². The second-order valence-corrected chi connectivity index (χ2v) is 7.11. The van der Waals surface area contributed by atoms with Gasteiger partial charge in [0.25, 0.3) is 0 Å². The SMILES string of the molecule is O=C(C[S@@](=O)Cc1ccc(OC(F)F)cc1)NC1CCCCC1. The summed E-state index contributed by atoms with van der Waals surface area (Å²) in [5.41, 5.74) is 0.718. The Kier molecular flexibility index (Phi) is 6.95. The first-order chi connectivity index (χ1) is 11.0. The van der Waals surface area contributed by atoms with E-state index >= 15 is 0 Å². The van der Waals surface area contributed by atoms with Crippen molar-refractivity contribution in [2.75, 3.05) is 5.75 Å². The Bertz CT molecular complexity index is 531. The van der Waals surface area contributed by atoms with Gasteiger partial charge in [0.15, 0.2) is 0 Å². The first-order valence-corrected chi connectivity index (χ1v) is 9.20. The maximum atomic E-state index is 12.1. The van der Waals surface area contributed by atoms with Crippen LogP contribution in [-0.2, 0) is 21.3 Å². The van der Waals surface area contributed by atoms with Crippen LogP contribution >= 0.6 is 0 Å². The van der Waals surface area contributed by atoms with E-state index in [1.165, 1.54) is 18.6 Å². The van der Waals surface area contributed by atoms with Crippen LogP contribution in [0, 0.1) is 0 Å². The van der Waals surface area contributed by atoms with Crippen LogP contribution in [-0.4, -0.2) is 28.5 Å². The number of hydrogen-bond acceptors (Lipinski definition) is 3. The molecule has 1 aromatic rings. The van der Waals surface area contributed by atoms with Gasteiger partial charge in [0.1, 0.15) is 11.5 Å². The van der Waals surface area contributed by atoms with Crippen LogP contribution in [0.2, 0.25) is 0 Å². The van der Waals surface area contributed by atoms with Gasteiger partial charge < -0.3 is 10.1 Å². The molecular weight excluding hydrogens is 324 g/mol. The van der Waals surface area contributed by atoms with E-state index < -0.39 is 17.4 Å². The number of carbonyl (C=O) groups is 1. The number of amides is 1. The van der Waals surface area contributed by atoms with E-state index in [1.807, 2.05) is 0 Å². The van der Waals surface area contributed by atoms with Gasteiger partial charge >= 0.3 is 6.61 Å². The zero-order valence-electron chi connectivity index (χ0n) is 12.8. The second kappa shape index (κ2) is 8.96. The third kappa shape index (κ3) is 6.64. The average Bonchev–Trinajstić information content (AvgIpc) is 2.49. The van der Waals surface area contributed by atoms with Crippen LogP contribution < -0.4 is 10.1 Å². The van der Waals surface area contributed by atoms with E-state index in [4.69, 9.17) is 0 Å². The summed E-state index contributed by atoms with van der Waals surface area (Å²) in [6.45, 7) is -2.86. The highest BCUT2D eigenvalue weighted by atomic mass is 32.2. The summed E-state index contributed by atoms with van der Waals surface area (Å²) in [5.74, 6) is 0.0520. The maximum absolute atomic E-state index is 12.1. The lowest BCUT2D eigenvalue weighted by Gasteiger charge is -2.22. The van der Waals surface area contributed by atoms with E-state index in [0.717, 1.165) is 31.2 Å². The lowest BCUT2D eigenvalue weighted by molar-refractivity contribution is -0.119. The first-order valence-electron chi connectivity index (χ1n) is 7.71. The lowest BCUT2D eigenvalue weighted by atomic mass is 9.95. The van der Waals surface area contributed by atoms with E-state index in [1.54, 1.807) is 12.1 Å². The number of rotatable bonds is 7. The number of nitrogens with one attached hydrogen (secondary N) is 1. The molecule has 1 aliphatic carbocycles. The van der Waals surface area contributed by atoms with Gasteiger partial charge in [-0.25, -0.2) is 0 Å². The highest BCUT2D eigenvalue weighted by Gasteiger charge is 2.17. The normalized spacial score (nSPS) is 17.0. The second-order valence-electron chi connectivity index (χ2n) is 5.65. The third-order valence-electron chi connectivity index (χ3n) is 3.74. The van der Waals surface area contributed by atoms with Gasteiger partial charge in [-0.05, 0) is 30.5 Å². The first kappa shape index (κ1) is 17.8. The van der Waals surface area contributed by atoms with Gasteiger partial charge in [-0.2, -0.15) is 8.78 Å². The zero-order valence-corrected chi connectivity index (χ0v) is 13.6. The van der Waals surface area contributed by atoms with Crippen LogP contribution in [0.15, 0.2) is 24.3 Å². The average molecular weight is 345 g/mol. The third-order valence-corrected chi connectivity index (χ3v) is 4.98. The minimum Gasteiger partial charge on any atom is -0.435 e. The molecule has 0 radical (unpaired) electrons. The van der Waals surface area contributed by atoms with E-state index in [-0.39, 0.29) is 29.2 Å². The van der Waals surface area contributed by atoms with Crippen molar-refractivity contribution in [3.63, 3.8) is 0 Å². The molecule has 0 saturated heterocycles. The molecule has 1 fully saturated rings. The van der Waals surface area contributed by atoms with Gasteiger partial charge in [0, 0.05) is 22.6 Å². The lowest BCUT2D eigenvalue weighted by Crippen LogP contribution is -2.38. The number of carbonyl (C=O) groups excluding carboxylic acids is 1. The summed E-state index contributed by atoms with van der Waals surface area (Å²) in [6, 6.07) is 6.17. The summed E-state index contributed by atoms with van der Waals surface area (Å²) in [6.07, 6.45) is 5.44. The van der Waals surface area contributed by atoms with Crippen LogP contribution in [0.3, 0.4) is 0 Å². The van der Waals surface area contributed by atoms with Crippen molar-refractivity contribution >= 4 is 16.7 Å². The van der Waals surface area contributed by atoms with Crippen molar-refractivity contribution in [3.05, 3.63) is 29.8 Å². The summed E-state index contributed by atoms with van der Waals surface area (Å²) < 4.78 is 40.4. The highest BCUT2D eigenvalue weighted by Crippen LogP contribution is 2.18. The van der Waals surface area contributed by atoms with E-state index in [0.29, 0.717) is 0 Å². The Morgan fingerprint density at radius 1 is 1.22 bits per heavy atom. The van der Waals surface area contributed by atoms with Crippen LogP contribution in [0.1, 0.15) is 37.7 Å². The minimum absolute atomic E-state index is 0.0359. The van der Waals surface area contributed by atoms with Crippen LogP contribution in [0.5, 0.6) is 5.75 Å². The molecule has 1 atom stereocenters. The Morgan fingerprint density at radius 2 is 1.87 bits per heavy atom. The molecule has 0 aliphatic heterocycles. The molecule has 128 valence electrons. The van der Waals surface area contributed by atoms with Crippen molar-refractivity contribution in [1.29, 1.82) is 0 Å². The molecule has 4 nitrogen and oxygen atoms in total. The topological polar surface area (TPSA) is 55.4 Å². The predicted molar refractivity (Wildman–Crippen MR) is 84.8 cm³/mol. The summed E-state index contributed by atoms with van der Waals surface area (Å²) >= 11 is 0. The molecule has 23 heavy (non-hydrogen) atoms.